The summed E-state index contributed by atoms with van der Waals surface area (Å²) in [6.07, 6.45) is -3.41. The molecule has 0 saturated heterocycles. The van der Waals surface area contributed by atoms with E-state index < -0.39 is 12.5 Å². The minimum atomic E-state index is -2.82. The first kappa shape index (κ1) is 10.8. The lowest BCUT2D eigenvalue weighted by atomic mass is 10.0. The fraction of sp³-hybridized carbons (Fsp3) is 0.182. The third-order valence-corrected chi connectivity index (χ3v) is 2.29. The second kappa shape index (κ2) is 4.40. The summed E-state index contributed by atoms with van der Waals surface area (Å²) in [5, 5.41) is 15.6. The van der Waals surface area contributed by atoms with E-state index in [1.807, 2.05) is 6.07 Å². The molecule has 84 valence electrons. The molecule has 0 aliphatic carbocycles. The van der Waals surface area contributed by atoms with Crippen LogP contribution in [0.3, 0.4) is 0 Å². The van der Waals surface area contributed by atoms with Gasteiger partial charge in [-0.1, -0.05) is 30.3 Å². The number of aliphatic hydroxyl groups is 1. The molecule has 0 bridgehead atoms. The van der Waals surface area contributed by atoms with Gasteiger partial charge in [-0.25, -0.2) is 8.78 Å². The molecule has 1 aromatic heterocycles. The van der Waals surface area contributed by atoms with Crippen molar-refractivity contribution in [3.05, 3.63) is 42.1 Å². The molecule has 2 N–H and O–H groups in total. The number of halogens is 2. The summed E-state index contributed by atoms with van der Waals surface area (Å²) in [6, 6.07) is 8.91. The summed E-state index contributed by atoms with van der Waals surface area (Å²) in [5.41, 5.74) is 1.25. The summed E-state index contributed by atoms with van der Waals surface area (Å²) in [4.78, 5) is 0. The molecule has 0 aliphatic heterocycles. The molecule has 0 aliphatic rings. The van der Waals surface area contributed by atoms with Crippen LogP contribution in [-0.4, -0.2) is 21.7 Å². The van der Waals surface area contributed by atoms with Crippen molar-refractivity contribution in [3.8, 4) is 11.3 Å². The van der Waals surface area contributed by atoms with E-state index in [-0.39, 0.29) is 5.56 Å². The van der Waals surface area contributed by atoms with Crippen LogP contribution in [0, 0.1) is 0 Å². The van der Waals surface area contributed by atoms with Crippen molar-refractivity contribution < 1.29 is 13.9 Å². The number of hydrogen-bond donors (Lipinski definition) is 2. The standard InChI is InChI=1S/C11H10F2N2O/c12-11(13)10(16)8-6-14-15-9(8)7-4-2-1-3-5-7/h1-6,10-11,16H,(H,14,15). The molecule has 0 radical (unpaired) electrons. The number of nitrogens with zero attached hydrogens (tertiary/aromatic N) is 1. The van der Waals surface area contributed by atoms with Gasteiger partial charge in [-0.2, -0.15) is 5.10 Å². The van der Waals surface area contributed by atoms with Crippen molar-refractivity contribution >= 4 is 0 Å². The van der Waals surface area contributed by atoms with Crippen molar-refractivity contribution in [1.29, 1.82) is 0 Å². The number of H-pyrrole nitrogens is 1. The number of hydrogen-bond acceptors (Lipinski definition) is 2. The Kier molecular flexibility index (Phi) is 2.96. The summed E-state index contributed by atoms with van der Waals surface area (Å²) < 4.78 is 24.8. The summed E-state index contributed by atoms with van der Waals surface area (Å²) in [7, 11) is 0. The van der Waals surface area contributed by atoms with Crippen LogP contribution in [0.5, 0.6) is 0 Å². The average Bonchev–Trinajstić information content (AvgIpc) is 2.77. The van der Waals surface area contributed by atoms with E-state index in [1.54, 1.807) is 24.3 Å². The molecule has 1 unspecified atom stereocenters. The number of nitrogens with one attached hydrogen (secondary N) is 1. The highest BCUT2D eigenvalue weighted by atomic mass is 19.3. The molecule has 0 saturated carbocycles. The van der Waals surface area contributed by atoms with Crippen molar-refractivity contribution in [2.45, 2.75) is 12.5 Å². The molecule has 1 atom stereocenters. The second-order valence-corrected chi connectivity index (χ2v) is 3.35. The molecule has 1 aromatic carbocycles. The number of benzene rings is 1. The SMILES string of the molecule is OC(c1cn[nH]c1-c1ccccc1)C(F)F. The lowest BCUT2D eigenvalue weighted by Gasteiger charge is -2.09. The fourth-order valence-corrected chi connectivity index (χ4v) is 1.49. The van der Waals surface area contributed by atoms with Gasteiger partial charge >= 0.3 is 0 Å². The molecule has 16 heavy (non-hydrogen) atoms. The maximum absolute atomic E-state index is 12.4. The van der Waals surface area contributed by atoms with Crippen LogP contribution in [-0.2, 0) is 0 Å². The Morgan fingerprint density at radius 1 is 1.19 bits per heavy atom. The Balaban J connectivity index is 2.40. The van der Waals surface area contributed by atoms with Crippen LogP contribution in [0.25, 0.3) is 11.3 Å². The van der Waals surface area contributed by atoms with E-state index in [2.05, 4.69) is 10.2 Å². The molecule has 3 nitrogen and oxygen atoms in total. The highest BCUT2D eigenvalue weighted by Crippen LogP contribution is 2.28. The van der Waals surface area contributed by atoms with Crippen LogP contribution < -0.4 is 0 Å². The van der Waals surface area contributed by atoms with Gasteiger partial charge in [-0.3, -0.25) is 5.10 Å². The summed E-state index contributed by atoms with van der Waals surface area (Å²) in [5.74, 6) is 0. The highest BCUT2D eigenvalue weighted by Gasteiger charge is 2.23. The quantitative estimate of drug-likeness (QED) is 0.840. The van der Waals surface area contributed by atoms with Gasteiger partial charge in [0.15, 0.2) is 0 Å². The van der Waals surface area contributed by atoms with E-state index in [9.17, 15) is 13.9 Å². The topological polar surface area (TPSA) is 48.9 Å². The Morgan fingerprint density at radius 2 is 1.88 bits per heavy atom. The van der Waals surface area contributed by atoms with E-state index in [1.165, 1.54) is 6.20 Å². The zero-order valence-corrected chi connectivity index (χ0v) is 8.27. The molecular weight excluding hydrogens is 214 g/mol. The zero-order chi connectivity index (χ0) is 11.5. The Labute approximate surface area is 90.7 Å². The minimum Gasteiger partial charge on any atom is -0.382 e. The van der Waals surface area contributed by atoms with Crippen molar-refractivity contribution in [1.82, 2.24) is 10.2 Å². The molecular formula is C11H10F2N2O. The van der Waals surface area contributed by atoms with Gasteiger partial charge in [-0.05, 0) is 5.56 Å². The lowest BCUT2D eigenvalue weighted by Crippen LogP contribution is -2.08. The first-order valence-electron chi connectivity index (χ1n) is 4.75. The van der Waals surface area contributed by atoms with Crippen molar-refractivity contribution in [2.75, 3.05) is 0 Å². The highest BCUT2D eigenvalue weighted by molar-refractivity contribution is 5.62. The number of aromatic nitrogens is 2. The maximum atomic E-state index is 12.4. The van der Waals surface area contributed by atoms with Crippen molar-refractivity contribution in [3.63, 3.8) is 0 Å². The van der Waals surface area contributed by atoms with E-state index >= 15 is 0 Å². The summed E-state index contributed by atoms with van der Waals surface area (Å²) in [6.45, 7) is 0. The zero-order valence-electron chi connectivity index (χ0n) is 8.27. The van der Waals surface area contributed by atoms with Crippen molar-refractivity contribution in [2.24, 2.45) is 0 Å². The average molecular weight is 224 g/mol. The smallest absolute Gasteiger partial charge is 0.268 e. The van der Waals surface area contributed by atoms with Gasteiger partial charge in [-0.15, -0.1) is 0 Å². The van der Waals surface area contributed by atoms with Gasteiger partial charge in [0, 0.05) is 5.56 Å². The van der Waals surface area contributed by atoms with Gasteiger partial charge in [0.2, 0.25) is 0 Å². The molecule has 2 aromatic rings. The van der Waals surface area contributed by atoms with E-state index in [4.69, 9.17) is 0 Å². The van der Waals surface area contributed by atoms with Crippen LogP contribution in [0.2, 0.25) is 0 Å². The summed E-state index contributed by atoms with van der Waals surface area (Å²) >= 11 is 0. The number of rotatable bonds is 3. The van der Waals surface area contributed by atoms with Gasteiger partial charge in [0.25, 0.3) is 6.43 Å². The predicted octanol–water partition coefficient (Wildman–Crippen LogP) is 2.38. The molecule has 5 heteroatoms. The minimum absolute atomic E-state index is 0.112. The third kappa shape index (κ3) is 1.94. The van der Waals surface area contributed by atoms with Crippen LogP contribution in [0.1, 0.15) is 11.7 Å². The Hall–Kier alpha value is -1.75. The number of alkyl halides is 2. The van der Waals surface area contributed by atoms with Gasteiger partial charge in [0.05, 0.1) is 11.9 Å². The lowest BCUT2D eigenvalue weighted by molar-refractivity contribution is -0.00545. The first-order chi connectivity index (χ1) is 7.70. The Morgan fingerprint density at radius 3 is 2.50 bits per heavy atom. The molecule has 0 spiro atoms. The van der Waals surface area contributed by atoms with Crippen LogP contribution in [0.4, 0.5) is 8.78 Å². The molecule has 1 heterocycles. The fourth-order valence-electron chi connectivity index (χ4n) is 1.49. The van der Waals surface area contributed by atoms with Gasteiger partial charge in [0.1, 0.15) is 6.10 Å². The number of aromatic amines is 1. The molecule has 0 amide bonds. The predicted molar refractivity (Wildman–Crippen MR) is 55.0 cm³/mol. The van der Waals surface area contributed by atoms with E-state index in [0.29, 0.717) is 5.69 Å². The molecule has 2 rings (SSSR count). The first-order valence-corrected chi connectivity index (χ1v) is 4.75. The Bertz CT molecular complexity index is 456. The normalized spacial score (nSPS) is 13.0. The third-order valence-electron chi connectivity index (χ3n) is 2.29. The second-order valence-electron chi connectivity index (χ2n) is 3.35. The number of aliphatic hydroxyl groups excluding tert-OH is 1. The maximum Gasteiger partial charge on any atom is 0.268 e. The molecule has 0 fully saturated rings. The van der Waals surface area contributed by atoms with Crippen LogP contribution >= 0.6 is 0 Å². The largest absolute Gasteiger partial charge is 0.382 e. The van der Waals surface area contributed by atoms with Gasteiger partial charge < -0.3 is 5.11 Å². The van der Waals surface area contributed by atoms with E-state index in [0.717, 1.165) is 5.56 Å². The monoisotopic (exact) mass is 224 g/mol. The van der Waals surface area contributed by atoms with Crippen LogP contribution in [0.15, 0.2) is 36.5 Å².